The van der Waals surface area contributed by atoms with Crippen molar-refractivity contribution in [2.24, 2.45) is 0 Å². The first-order valence-electron chi connectivity index (χ1n) is 10.4. The molecule has 2 aliphatic rings. The molecule has 172 valence electrons. The minimum absolute atomic E-state index is 0.0307. The fourth-order valence-electron chi connectivity index (χ4n) is 4.64. The van der Waals surface area contributed by atoms with Gasteiger partial charge in [0.25, 0.3) is 17.4 Å². The van der Waals surface area contributed by atoms with E-state index >= 15 is 0 Å². The molecule has 2 unspecified atom stereocenters. The van der Waals surface area contributed by atoms with Crippen LogP contribution in [0.4, 0.5) is 5.69 Å². The maximum atomic E-state index is 14.0. The minimum atomic E-state index is -2.43. The van der Waals surface area contributed by atoms with Gasteiger partial charge in [-0.05, 0) is 29.7 Å². The first-order valence-corrected chi connectivity index (χ1v) is 10.8. The Balaban J connectivity index is 1.77. The van der Waals surface area contributed by atoms with Crippen molar-refractivity contribution >= 4 is 29.0 Å². The lowest BCUT2D eigenvalue weighted by molar-refractivity contribution is -0.385. The summed E-state index contributed by atoms with van der Waals surface area (Å²) in [4.78, 5) is 42.2. The molecule has 0 saturated carbocycles. The van der Waals surface area contributed by atoms with Crippen LogP contribution in [-0.4, -0.2) is 26.7 Å². The molecule has 0 radical (unpaired) electrons. The van der Waals surface area contributed by atoms with E-state index in [1.165, 1.54) is 30.5 Å². The van der Waals surface area contributed by atoms with Gasteiger partial charge in [-0.2, -0.15) is 0 Å². The number of hydrogen-bond donors (Lipinski definition) is 2. The summed E-state index contributed by atoms with van der Waals surface area (Å²) in [7, 11) is 0. The largest absolute Gasteiger partial charge is 0.454 e. The summed E-state index contributed by atoms with van der Waals surface area (Å²) < 4.78 is 5.96. The number of ether oxygens (including phenoxy) is 1. The van der Waals surface area contributed by atoms with E-state index in [9.17, 15) is 24.8 Å². The molecular weight excluding hydrogens is 462 g/mol. The summed E-state index contributed by atoms with van der Waals surface area (Å²) in [5, 5.41) is 26.2. The first-order chi connectivity index (χ1) is 16.1. The predicted octanol–water partition coefficient (Wildman–Crippen LogP) is 3.83. The number of ketones is 1. The molecule has 0 spiro atoms. The molecular formula is C24H18ClN3O6. The van der Waals surface area contributed by atoms with Crippen LogP contribution >= 0.6 is 11.6 Å². The third-order valence-electron chi connectivity index (χ3n) is 6.29. The number of nitrogens with one attached hydrogen (secondary N) is 1. The number of pyridine rings is 1. The van der Waals surface area contributed by atoms with Crippen LogP contribution < -0.4 is 10.1 Å². The molecule has 1 aliphatic heterocycles. The maximum Gasteiger partial charge on any atom is 0.280 e. The molecule has 2 N–H and O–H groups in total. The maximum absolute atomic E-state index is 14.0. The number of rotatable bonds is 4. The van der Waals surface area contributed by atoms with Gasteiger partial charge in [0.15, 0.2) is 0 Å². The Morgan fingerprint density at radius 3 is 2.65 bits per heavy atom. The van der Waals surface area contributed by atoms with Gasteiger partial charge >= 0.3 is 0 Å². The van der Waals surface area contributed by atoms with E-state index in [2.05, 4.69) is 10.3 Å². The summed E-state index contributed by atoms with van der Waals surface area (Å²) in [6.07, 6.45) is 1.36. The highest BCUT2D eigenvalue weighted by Crippen LogP contribution is 2.59. The number of aliphatic hydroxyl groups is 1. The topological polar surface area (TPSA) is 132 Å². The molecule has 1 aliphatic carbocycles. The first kappa shape index (κ1) is 22.0. The number of Topliss-reactive ketones (excluding diaryl/α,β-unsaturated/α-hetero) is 1. The molecule has 0 saturated heterocycles. The van der Waals surface area contributed by atoms with Gasteiger partial charge in [0, 0.05) is 23.4 Å². The van der Waals surface area contributed by atoms with E-state index in [4.69, 9.17) is 16.3 Å². The van der Waals surface area contributed by atoms with Gasteiger partial charge in [-0.15, -0.1) is 0 Å². The standard InChI is InChI=1S/C24H18ClN3O6/c1-12(2)13-8-9-14-18(11-13)34-24(31)15-5-3-7-17(28(32)33)19(15)21(29)23(14,24)27-22(30)20-16(25)6-4-10-26-20/h3-12,31H,1-2H3,(H,27,30). The number of nitrogens with zero attached hydrogens (tertiary/aromatic N) is 2. The molecule has 34 heavy (non-hydrogen) atoms. The normalized spacial score (nSPS) is 22.1. The zero-order valence-corrected chi connectivity index (χ0v) is 18.8. The van der Waals surface area contributed by atoms with Gasteiger partial charge < -0.3 is 15.2 Å². The second-order valence-corrected chi connectivity index (χ2v) is 8.89. The van der Waals surface area contributed by atoms with Crippen molar-refractivity contribution < 1.29 is 24.4 Å². The van der Waals surface area contributed by atoms with Gasteiger partial charge in [-0.25, -0.2) is 4.98 Å². The van der Waals surface area contributed by atoms with Crippen LogP contribution in [0.3, 0.4) is 0 Å². The third-order valence-corrected chi connectivity index (χ3v) is 6.59. The molecule has 5 rings (SSSR count). The molecule has 2 aromatic carbocycles. The Labute approximate surface area is 198 Å². The average Bonchev–Trinajstić information content (AvgIpc) is 3.16. The Hall–Kier alpha value is -3.82. The fourth-order valence-corrected chi connectivity index (χ4v) is 4.84. The molecule has 0 bridgehead atoms. The van der Waals surface area contributed by atoms with E-state index in [0.717, 1.165) is 11.6 Å². The highest BCUT2D eigenvalue weighted by molar-refractivity contribution is 6.33. The van der Waals surface area contributed by atoms with Gasteiger partial charge in [-0.3, -0.25) is 19.7 Å². The second kappa shape index (κ2) is 7.34. The van der Waals surface area contributed by atoms with Crippen molar-refractivity contribution in [2.75, 3.05) is 0 Å². The lowest BCUT2D eigenvalue weighted by Crippen LogP contribution is -2.60. The summed E-state index contributed by atoms with van der Waals surface area (Å²) in [6, 6.07) is 11.9. The van der Waals surface area contributed by atoms with Crippen molar-refractivity contribution in [3.63, 3.8) is 0 Å². The summed E-state index contributed by atoms with van der Waals surface area (Å²) in [5.41, 5.74) is -2.25. The Kier molecular flexibility index (Phi) is 4.75. The number of carbonyl (C=O) groups is 2. The van der Waals surface area contributed by atoms with Gasteiger partial charge in [-0.1, -0.05) is 49.7 Å². The van der Waals surface area contributed by atoms with E-state index in [0.29, 0.717) is 0 Å². The van der Waals surface area contributed by atoms with Crippen molar-refractivity contribution in [1.82, 2.24) is 10.3 Å². The minimum Gasteiger partial charge on any atom is -0.454 e. The van der Waals surface area contributed by atoms with Gasteiger partial charge in [0.05, 0.1) is 9.95 Å². The number of aromatic nitrogens is 1. The van der Waals surface area contributed by atoms with Crippen LogP contribution in [0.2, 0.25) is 5.02 Å². The molecule has 9 nitrogen and oxygen atoms in total. The smallest absolute Gasteiger partial charge is 0.280 e. The van der Waals surface area contributed by atoms with Crippen LogP contribution in [0.1, 0.15) is 57.3 Å². The third kappa shape index (κ3) is 2.74. The number of nitro groups is 1. The fraction of sp³-hybridized carbons (Fsp3) is 0.208. The van der Waals surface area contributed by atoms with Crippen LogP contribution in [0.15, 0.2) is 54.7 Å². The zero-order valence-electron chi connectivity index (χ0n) is 18.0. The molecule has 3 aromatic rings. The zero-order chi connectivity index (χ0) is 24.4. The molecule has 1 amide bonds. The average molecular weight is 480 g/mol. The van der Waals surface area contributed by atoms with E-state index in [1.54, 1.807) is 18.2 Å². The number of nitro benzene ring substituents is 1. The predicted molar refractivity (Wildman–Crippen MR) is 121 cm³/mol. The quantitative estimate of drug-likeness (QED) is 0.429. The molecule has 10 heteroatoms. The number of hydrogen-bond acceptors (Lipinski definition) is 7. The van der Waals surface area contributed by atoms with Crippen LogP contribution in [-0.2, 0) is 11.3 Å². The SMILES string of the molecule is CC(C)c1ccc2c(c1)OC1(O)c3cccc([N+](=O)[O-])c3C(=O)C21NC(=O)c1ncccc1Cl. The molecule has 2 heterocycles. The van der Waals surface area contributed by atoms with Crippen molar-refractivity contribution in [3.05, 3.63) is 97.8 Å². The Morgan fingerprint density at radius 2 is 1.97 bits per heavy atom. The monoisotopic (exact) mass is 479 g/mol. The van der Waals surface area contributed by atoms with Crippen molar-refractivity contribution in [1.29, 1.82) is 0 Å². The summed E-state index contributed by atoms with van der Waals surface area (Å²) in [6.45, 7) is 3.94. The van der Waals surface area contributed by atoms with Crippen molar-refractivity contribution in [2.45, 2.75) is 31.1 Å². The van der Waals surface area contributed by atoms with E-state index < -0.39 is 33.6 Å². The van der Waals surface area contributed by atoms with Crippen LogP contribution in [0, 0.1) is 10.1 Å². The lowest BCUT2D eigenvalue weighted by Gasteiger charge is -2.34. The highest BCUT2D eigenvalue weighted by atomic mass is 35.5. The van der Waals surface area contributed by atoms with Gasteiger partial charge in [0.2, 0.25) is 11.3 Å². The Bertz CT molecular complexity index is 1410. The van der Waals surface area contributed by atoms with E-state index in [1.807, 2.05) is 13.8 Å². The number of halogens is 1. The second-order valence-electron chi connectivity index (χ2n) is 8.48. The lowest BCUT2D eigenvalue weighted by atomic mass is 9.82. The molecule has 0 fully saturated rings. The van der Waals surface area contributed by atoms with E-state index in [-0.39, 0.29) is 39.1 Å². The summed E-state index contributed by atoms with van der Waals surface area (Å²) >= 11 is 6.14. The van der Waals surface area contributed by atoms with Crippen LogP contribution in [0.25, 0.3) is 0 Å². The number of carbonyl (C=O) groups excluding carboxylic acids is 2. The number of amides is 1. The highest BCUT2D eigenvalue weighted by Gasteiger charge is 2.73. The van der Waals surface area contributed by atoms with Gasteiger partial charge in [0.1, 0.15) is 17.0 Å². The van der Waals surface area contributed by atoms with Crippen LogP contribution in [0.5, 0.6) is 5.75 Å². The summed E-state index contributed by atoms with van der Waals surface area (Å²) in [5.74, 6) is -3.84. The molecule has 1 aromatic heterocycles. The Morgan fingerprint density at radius 1 is 1.21 bits per heavy atom. The number of benzene rings is 2. The number of fused-ring (bicyclic) bond motifs is 5. The molecule has 2 atom stereocenters. The van der Waals surface area contributed by atoms with Crippen molar-refractivity contribution in [3.8, 4) is 5.75 Å².